The lowest BCUT2D eigenvalue weighted by molar-refractivity contribution is -0.122. The first kappa shape index (κ1) is 37.0. The first-order valence-corrected chi connectivity index (χ1v) is 12.9. The molecule has 2 amide bonds. The van der Waals surface area contributed by atoms with E-state index in [-0.39, 0.29) is 18.4 Å². The van der Waals surface area contributed by atoms with E-state index in [1.807, 2.05) is 19.2 Å². The molecule has 7 nitrogen and oxygen atoms in total. The highest BCUT2D eigenvalue weighted by atomic mass is 32.2. The first-order chi connectivity index (χ1) is 16.6. The summed E-state index contributed by atoms with van der Waals surface area (Å²) in [6, 6.07) is 6.26. The maximum atomic E-state index is 12.3. The zero-order valence-corrected chi connectivity index (χ0v) is 23.4. The number of aryl methyl sites for hydroxylation is 1. The Kier molecular flexibility index (Phi) is 27.5. The van der Waals surface area contributed by atoms with Crippen molar-refractivity contribution in [2.75, 3.05) is 19.3 Å². The Morgan fingerprint density at radius 1 is 1.17 bits per heavy atom. The van der Waals surface area contributed by atoms with Gasteiger partial charge in [0.15, 0.2) is 0 Å². The largest absolute Gasteiger partial charge is 0.398 e. The van der Waals surface area contributed by atoms with Crippen molar-refractivity contribution in [2.45, 2.75) is 77.7 Å². The fourth-order valence-corrected chi connectivity index (χ4v) is 3.44. The number of benzene rings is 1. The number of aldehydes is 1. The minimum absolute atomic E-state index is 0.0811. The number of rotatable bonds is 12. The minimum Gasteiger partial charge on any atom is -0.398 e. The smallest absolute Gasteiger partial charge is 0.220 e. The van der Waals surface area contributed by atoms with Gasteiger partial charge in [-0.25, -0.2) is 0 Å². The van der Waals surface area contributed by atoms with Gasteiger partial charge in [0.1, 0.15) is 6.29 Å². The molecule has 2 unspecified atom stereocenters. The Labute approximate surface area is 217 Å². The van der Waals surface area contributed by atoms with Gasteiger partial charge in [-0.05, 0) is 54.5 Å². The molecule has 8 heteroatoms. The number of hydrogen-bond donors (Lipinski definition) is 4. The van der Waals surface area contributed by atoms with Crippen molar-refractivity contribution < 1.29 is 14.4 Å². The van der Waals surface area contributed by atoms with Crippen molar-refractivity contribution >= 4 is 36.1 Å². The zero-order chi connectivity index (χ0) is 27.6. The average Bonchev–Trinajstić information content (AvgIpc) is 2.84. The molecule has 0 aromatic heterocycles. The molecule has 0 saturated heterocycles. The summed E-state index contributed by atoms with van der Waals surface area (Å²) in [4.78, 5) is 31.9. The Hall–Kier alpha value is -2.58. The Morgan fingerprint density at radius 2 is 1.71 bits per heavy atom. The van der Waals surface area contributed by atoms with Crippen LogP contribution in [-0.4, -0.2) is 38.2 Å². The number of nitrogens with one attached hydrogen (secondary N) is 2. The molecular weight excluding hydrogens is 460 g/mol. The van der Waals surface area contributed by atoms with Crippen LogP contribution in [0.15, 0.2) is 47.2 Å². The average molecular weight is 509 g/mol. The molecule has 0 heterocycles. The first-order valence-electron chi connectivity index (χ1n) is 12.0. The number of nitrogen functional groups attached to an aromatic ring is 1. The van der Waals surface area contributed by atoms with Crippen molar-refractivity contribution in [1.82, 2.24) is 10.6 Å². The number of thioether (sulfide) groups is 1. The van der Waals surface area contributed by atoms with E-state index in [1.54, 1.807) is 11.8 Å². The molecule has 0 radical (unpaired) electrons. The molecule has 35 heavy (non-hydrogen) atoms. The molecule has 0 fully saturated rings. The van der Waals surface area contributed by atoms with Crippen molar-refractivity contribution in [1.29, 1.82) is 0 Å². The molecule has 0 spiro atoms. The Morgan fingerprint density at radius 3 is 2.14 bits per heavy atom. The van der Waals surface area contributed by atoms with Crippen LogP contribution >= 0.6 is 11.8 Å². The third kappa shape index (κ3) is 21.7. The molecule has 0 saturated carbocycles. The topological polar surface area (TPSA) is 127 Å². The van der Waals surface area contributed by atoms with Crippen LogP contribution in [-0.2, 0) is 20.8 Å². The minimum atomic E-state index is 0.0811. The maximum absolute atomic E-state index is 12.3. The van der Waals surface area contributed by atoms with Gasteiger partial charge in [0.25, 0.3) is 0 Å². The monoisotopic (exact) mass is 508 g/mol. The summed E-state index contributed by atoms with van der Waals surface area (Å²) in [5.74, 6) is 0.531. The fraction of sp³-hybridized carbons (Fsp3) is 0.519. The lowest BCUT2D eigenvalue weighted by atomic mass is 9.99. The van der Waals surface area contributed by atoms with Crippen molar-refractivity contribution in [3.8, 4) is 0 Å². The van der Waals surface area contributed by atoms with Crippen LogP contribution in [0.4, 0.5) is 5.69 Å². The molecule has 0 bridgehead atoms. The highest BCUT2D eigenvalue weighted by Crippen LogP contribution is 2.33. The van der Waals surface area contributed by atoms with Gasteiger partial charge in [0.05, 0.1) is 0 Å². The zero-order valence-electron chi connectivity index (χ0n) is 22.6. The lowest BCUT2D eigenvalue weighted by Crippen LogP contribution is -2.45. The summed E-state index contributed by atoms with van der Waals surface area (Å²) in [6.45, 7) is 18.7. The normalized spacial score (nSPS) is 10.9. The quantitative estimate of drug-likeness (QED) is 0.138. The number of primary amides is 1. The van der Waals surface area contributed by atoms with Crippen LogP contribution in [0.2, 0.25) is 0 Å². The second-order valence-electron chi connectivity index (χ2n) is 7.70. The summed E-state index contributed by atoms with van der Waals surface area (Å²) in [7, 11) is 1.91. The molecule has 0 aliphatic heterocycles. The number of nitrogens with two attached hydrogens (primary N) is 2. The third-order valence-corrected chi connectivity index (χ3v) is 5.64. The van der Waals surface area contributed by atoms with Crippen molar-refractivity contribution in [2.24, 2.45) is 11.7 Å². The predicted octanol–water partition coefficient (Wildman–Crippen LogP) is 4.86. The lowest BCUT2D eigenvalue weighted by Gasteiger charge is -2.24. The number of carbonyl (C=O) groups excluding carboxylic acids is 3. The van der Waals surface area contributed by atoms with E-state index in [4.69, 9.17) is 15.3 Å². The third-order valence-electron chi connectivity index (χ3n) is 4.57. The van der Waals surface area contributed by atoms with E-state index in [9.17, 15) is 4.79 Å². The number of allylic oxidation sites excluding steroid dienone is 2. The number of amides is 2. The van der Waals surface area contributed by atoms with Crippen LogP contribution < -0.4 is 22.1 Å². The number of anilines is 1. The Balaban J connectivity index is -0.000000871. The van der Waals surface area contributed by atoms with E-state index in [0.717, 1.165) is 34.9 Å². The predicted molar refractivity (Wildman–Crippen MR) is 152 cm³/mol. The standard InChI is InChI=1S/C20H33N3OS.C3H4O.C3H8.CH3NO/c1-6-14(3)18(13-22-5)23-20(24)11-8-15(4)25-19-12-16(7-2)9-10-17(19)21;1-2-3-4;1-3-2;2-1-3/h9-10,12,14,18,22H,4,6-8,11,13,21H2,1-3,5H3,(H,23,24);2-3H,1H2;3H2,1-2H3;1H,(H2,2,3). The van der Waals surface area contributed by atoms with Gasteiger partial charge in [-0.3, -0.25) is 14.4 Å². The Bertz CT molecular complexity index is 720. The van der Waals surface area contributed by atoms with Gasteiger partial charge in [-0.2, -0.15) is 0 Å². The summed E-state index contributed by atoms with van der Waals surface area (Å²) in [6.07, 6.45) is 6.46. The van der Waals surface area contributed by atoms with Gasteiger partial charge in [0, 0.05) is 29.6 Å². The summed E-state index contributed by atoms with van der Waals surface area (Å²) >= 11 is 1.57. The van der Waals surface area contributed by atoms with E-state index in [0.29, 0.717) is 25.0 Å². The summed E-state index contributed by atoms with van der Waals surface area (Å²) < 4.78 is 0. The SMILES string of the molecule is C=C(CCC(=O)NC(CNC)C(C)CC)Sc1cc(CC)ccc1N.C=CC=O.CCC.NC=O. The molecule has 6 N–H and O–H groups in total. The highest BCUT2D eigenvalue weighted by Gasteiger charge is 2.17. The van der Waals surface area contributed by atoms with Gasteiger partial charge < -0.3 is 22.1 Å². The summed E-state index contributed by atoms with van der Waals surface area (Å²) in [5, 5.41) is 6.29. The molecule has 1 aromatic rings. The molecule has 1 aromatic carbocycles. The van der Waals surface area contributed by atoms with Crippen LogP contribution in [0.5, 0.6) is 0 Å². The second-order valence-corrected chi connectivity index (χ2v) is 8.92. The number of hydrogen-bond acceptors (Lipinski definition) is 6. The van der Waals surface area contributed by atoms with Gasteiger partial charge >= 0.3 is 0 Å². The maximum Gasteiger partial charge on any atom is 0.220 e. The number of likely N-dealkylation sites (N-methyl/N-ethyl adjacent to an activating group) is 1. The van der Waals surface area contributed by atoms with Gasteiger partial charge in [0.2, 0.25) is 12.3 Å². The van der Waals surface area contributed by atoms with Crippen molar-refractivity contribution in [3.05, 3.63) is 47.9 Å². The number of carbonyl (C=O) groups is 3. The van der Waals surface area contributed by atoms with Crippen LogP contribution in [0.3, 0.4) is 0 Å². The van der Waals surface area contributed by atoms with Crippen LogP contribution in [0, 0.1) is 5.92 Å². The van der Waals surface area contributed by atoms with Crippen LogP contribution in [0.1, 0.15) is 65.9 Å². The van der Waals surface area contributed by atoms with Gasteiger partial charge in [-0.15, -0.1) is 0 Å². The summed E-state index contributed by atoms with van der Waals surface area (Å²) in [5.41, 5.74) is 12.2. The molecule has 2 atom stereocenters. The van der Waals surface area contributed by atoms with Crippen LogP contribution in [0.25, 0.3) is 0 Å². The molecule has 1 rings (SSSR count). The fourth-order valence-electron chi connectivity index (χ4n) is 2.52. The van der Waals surface area contributed by atoms with E-state index >= 15 is 0 Å². The van der Waals surface area contributed by atoms with Crippen molar-refractivity contribution in [3.63, 3.8) is 0 Å². The van der Waals surface area contributed by atoms with E-state index in [1.165, 1.54) is 18.1 Å². The van der Waals surface area contributed by atoms with E-state index < -0.39 is 0 Å². The molecular formula is C27H48N4O3S. The van der Waals surface area contributed by atoms with Gasteiger partial charge in [-0.1, -0.05) is 78.4 Å². The molecule has 0 aliphatic carbocycles. The second kappa shape index (κ2) is 26.0. The highest BCUT2D eigenvalue weighted by molar-refractivity contribution is 8.03. The molecule has 0 aliphatic rings. The van der Waals surface area contributed by atoms with E-state index in [2.05, 4.69) is 70.2 Å². The molecule has 200 valence electrons.